The number of amides is 1. The van der Waals surface area contributed by atoms with Gasteiger partial charge >= 0.3 is 0 Å². The van der Waals surface area contributed by atoms with Crippen LogP contribution in [0.2, 0.25) is 0 Å². The molecule has 1 aliphatic heterocycles. The van der Waals surface area contributed by atoms with E-state index in [2.05, 4.69) is 38.2 Å². The Bertz CT molecular complexity index is 377. The van der Waals surface area contributed by atoms with E-state index in [4.69, 9.17) is 0 Å². The lowest BCUT2D eigenvalue weighted by Crippen LogP contribution is -2.34. The van der Waals surface area contributed by atoms with Crippen LogP contribution in [-0.2, 0) is 4.79 Å². The molecule has 1 saturated heterocycles. The number of anilines is 1. The zero-order valence-corrected chi connectivity index (χ0v) is 11.0. The molecule has 1 aromatic rings. The third-order valence-corrected chi connectivity index (χ3v) is 3.27. The van der Waals surface area contributed by atoms with Crippen molar-refractivity contribution in [2.24, 2.45) is 5.92 Å². The van der Waals surface area contributed by atoms with E-state index in [1.807, 2.05) is 6.07 Å². The van der Waals surface area contributed by atoms with Crippen molar-refractivity contribution >= 4 is 34.2 Å². The van der Waals surface area contributed by atoms with E-state index < -0.39 is 0 Å². The molecular weight excluding hydrogens is 317 g/mol. The van der Waals surface area contributed by atoms with Crippen molar-refractivity contribution < 1.29 is 4.79 Å². The van der Waals surface area contributed by atoms with Crippen LogP contribution in [0, 0.1) is 9.49 Å². The third-order valence-electron chi connectivity index (χ3n) is 2.68. The molecule has 1 aromatic heterocycles. The number of carbonyl (C=O) groups excluding carboxylic acids is 1. The Hall–Kier alpha value is -0.690. The molecule has 0 aromatic carbocycles. The van der Waals surface area contributed by atoms with Gasteiger partial charge in [-0.25, -0.2) is 0 Å². The number of rotatable bonds is 2. The van der Waals surface area contributed by atoms with Gasteiger partial charge in [0.25, 0.3) is 0 Å². The number of carbonyl (C=O) groups is 1. The standard InChI is InChI=1S/C11H14IN3O/c12-9-5-10(7-14-6-9)15-11(16)8-1-3-13-4-2-8/h5-8,13H,1-4H2,(H,15,16). The van der Waals surface area contributed by atoms with E-state index in [1.54, 1.807) is 12.4 Å². The average molecular weight is 331 g/mol. The van der Waals surface area contributed by atoms with Crippen molar-refractivity contribution in [2.75, 3.05) is 18.4 Å². The number of nitrogens with zero attached hydrogens (tertiary/aromatic N) is 1. The summed E-state index contributed by atoms with van der Waals surface area (Å²) < 4.78 is 1.03. The second-order valence-corrected chi connectivity index (χ2v) is 5.15. The van der Waals surface area contributed by atoms with E-state index in [0.717, 1.165) is 35.2 Å². The number of halogens is 1. The van der Waals surface area contributed by atoms with Gasteiger partial charge in [-0.15, -0.1) is 0 Å². The van der Waals surface area contributed by atoms with E-state index in [-0.39, 0.29) is 11.8 Å². The summed E-state index contributed by atoms with van der Waals surface area (Å²) in [5, 5.41) is 6.17. The van der Waals surface area contributed by atoms with Crippen LogP contribution >= 0.6 is 22.6 Å². The first-order valence-corrected chi connectivity index (χ1v) is 6.46. The number of hydrogen-bond acceptors (Lipinski definition) is 3. The fourth-order valence-electron chi connectivity index (χ4n) is 1.81. The maximum Gasteiger partial charge on any atom is 0.227 e. The minimum absolute atomic E-state index is 0.116. The van der Waals surface area contributed by atoms with Gasteiger partial charge in [0.15, 0.2) is 0 Å². The molecule has 86 valence electrons. The summed E-state index contributed by atoms with van der Waals surface area (Å²) in [5.74, 6) is 0.254. The number of aromatic nitrogens is 1. The topological polar surface area (TPSA) is 54.0 Å². The summed E-state index contributed by atoms with van der Waals surface area (Å²) in [4.78, 5) is 16.0. The van der Waals surface area contributed by atoms with Crippen LogP contribution in [-0.4, -0.2) is 24.0 Å². The van der Waals surface area contributed by atoms with Crippen molar-refractivity contribution in [3.05, 3.63) is 22.0 Å². The van der Waals surface area contributed by atoms with Crippen molar-refractivity contribution in [1.29, 1.82) is 0 Å². The second kappa shape index (κ2) is 5.58. The lowest BCUT2D eigenvalue weighted by atomic mass is 9.97. The van der Waals surface area contributed by atoms with E-state index in [1.165, 1.54) is 0 Å². The summed E-state index contributed by atoms with van der Waals surface area (Å²) >= 11 is 2.18. The average Bonchev–Trinajstić information content (AvgIpc) is 2.30. The molecule has 0 bridgehead atoms. The summed E-state index contributed by atoms with van der Waals surface area (Å²) in [6.07, 6.45) is 5.29. The van der Waals surface area contributed by atoms with Crippen LogP contribution in [0.4, 0.5) is 5.69 Å². The molecule has 4 nitrogen and oxygen atoms in total. The van der Waals surface area contributed by atoms with Gasteiger partial charge in [0.05, 0.1) is 11.9 Å². The number of hydrogen-bond donors (Lipinski definition) is 2. The highest BCUT2D eigenvalue weighted by molar-refractivity contribution is 14.1. The first-order valence-electron chi connectivity index (χ1n) is 5.38. The number of piperidine rings is 1. The first kappa shape index (κ1) is 11.8. The molecule has 2 rings (SSSR count). The van der Waals surface area contributed by atoms with E-state index in [9.17, 15) is 4.79 Å². The van der Waals surface area contributed by atoms with Gasteiger partial charge in [-0.05, 0) is 54.6 Å². The largest absolute Gasteiger partial charge is 0.324 e. The van der Waals surface area contributed by atoms with Gasteiger partial charge in [-0.2, -0.15) is 0 Å². The second-order valence-electron chi connectivity index (χ2n) is 3.91. The Kier molecular flexibility index (Phi) is 4.11. The fourth-order valence-corrected chi connectivity index (χ4v) is 2.30. The molecule has 2 N–H and O–H groups in total. The molecule has 0 aliphatic carbocycles. The highest BCUT2D eigenvalue weighted by atomic mass is 127. The van der Waals surface area contributed by atoms with Gasteiger partial charge in [-0.3, -0.25) is 9.78 Å². The predicted octanol–water partition coefficient (Wildman–Crippen LogP) is 1.62. The molecule has 1 amide bonds. The molecular formula is C11H14IN3O. The molecule has 1 fully saturated rings. The Morgan fingerprint density at radius 3 is 2.88 bits per heavy atom. The van der Waals surface area contributed by atoms with Crippen molar-refractivity contribution in [3.8, 4) is 0 Å². The highest BCUT2D eigenvalue weighted by Crippen LogP contribution is 2.16. The lowest BCUT2D eigenvalue weighted by molar-refractivity contribution is -0.120. The third kappa shape index (κ3) is 3.15. The molecule has 5 heteroatoms. The van der Waals surface area contributed by atoms with Gasteiger partial charge in [0.2, 0.25) is 5.91 Å². The zero-order valence-electron chi connectivity index (χ0n) is 8.87. The molecule has 1 aliphatic rings. The molecule has 0 radical (unpaired) electrons. The minimum Gasteiger partial charge on any atom is -0.324 e. The van der Waals surface area contributed by atoms with Gasteiger partial charge in [0.1, 0.15) is 0 Å². The summed E-state index contributed by atoms with van der Waals surface area (Å²) in [7, 11) is 0. The Morgan fingerprint density at radius 2 is 2.19 bits per heavy atom. The van der Waals surface area contributed by atoms with Gasteiger partial charge in [0, 0.05) is 15.7 Å². The zero-order chi connectivity index (χ0) is 11.4. The van der Waals surface area contributed by atoms with Crippen LogP contribution in [0.5, 0.6) is 0 Å². The summed E-state index contributed by atoms with van der Waals surface area (Å²) in [6.45, 7) is 1.87. The minimum atomic E-state index is 0.116. The van der Waals surface area contributed by atoms with Crippen molar-refractivity contribution in [1.82, 2.24) is 10.3 Å². The van der Waals surface area contributed by atoms with Crippen LogP contribution in [0.3, 0.4) is 0 Å². The van der Waals surface area contributed by atoms with E-state index >= 15 is 0 Å². The van der Waals surface area contributed by atoms with E-state index in [0.29, 0.717) is 0 Å². The lowest BCUT2D eigenvalue weighted by Gasteiger charge is -2.21. The number of nitrogens with one attached hydrogen (secondary N) is 2. The number of pyridine rings is 1. The quantitative estimate of drug-likeness (QED) is 0.810. The van der Waals surface area contributed by atoms with Crippen molar-refractivity contribution in [3.63, 3.8) is 0 Å². The molecule has 0 unspecified atom stereocenters. The molecule has 0 spiro atoms. The van der Waals surface area contributed by atoms with Crippen LogP contribution in [0.25, 0.3) is 0 Å². The van der Waals surface area contributed by atoms with Crippen LogP contribution < -0.4 is 10.6 Å². The monoisotopic (exact) mass is 331 g/mol. The molecule has 2 heterocycles. The summed E-state index contributed by atoms with van der Waals surface area (Å²) in [5.41, 5.74) is 0.787. The Labute approximate surface area is 108 Å². The first-order chi connectivity index (χ1) is 7.75. The highest BCUT2D eigenvalue weighted by Gasteiger charge is 2.20. The molecule has 16 heavy (non-hydrogen) atoms. The Balaban J connectivity index is 1.96. The SMILES string of the molecule is O=C(Nc1cncc(I)c1)C1CCNCC1. The molecule has 0 saturated carbocycles. The van der Waals surface area contributed by atoms with Gasteiger partial charge < -0.3 is 10.6 Å². The molecule has 0 atom stereocenters. The normalized spacial score (nSPS) is 17.1. The van der Waals surface area contributed by atoms with Crippen LogP contribution in [0.1, 0.15) is 12.8 Å². The maximum absolute atomic E-state index is 11.9. The van der Waals surface area contributed by atoms with Crippen molar-refractivity contribution in [2.45, 2.75) is 12.8 Å². The summed E-state index contributed by atoms with van der Waals surface area (Å²) in [6, 6.07) is 1.92. The predicted molar refractivity (Wildman–Crippen MR) is 71.2 cm³/mol. The van der Waals surface area contributed by atoms with Crippen LogP contribution in [0.15, 0.2) is 18.5 Å². The van der Waals surface area contributed by atoms with Gasteiger partial charge in [-0.1, -0.05) is 0 Å². The Morgan fingerprint density at radius 1 is 1.44 bits per heavy atom. The maximum atomic E-state index is 11.9. The fraction of sp³-hybridized carbons (Fsp3) is 0.455. The smallest absolute Gasteiger partial charge is 0.227 e.